The lowest BCUT2D eigenvalue weighted by Crippen LogP contribution is -2.12. The maximum atomic E-state index is 5.86. The van der Waals surface area contributed by atoms with E-state index in [4.69, 9.17) is 10.5 Å². The molecule has 0 aliphatic rings. The Morgan fingerprint density at radius 2 is 2.29 bits per heavy atom. The van der Waals surface area contributed by atoms with Crippen molar-refractivity contribution >= 4 is 33.0 Å². The maximum absolute atomic E-state index is 5.86. The molecule has 0 spiro atoms. The van der Waals surface area contributed by atoms with Gasteiger partial charge < -0.3 is 10.5 Å². The van der Waals surface area contributed by atoms with E-state index in [2.05, 4.69) is 25.9 Å². The first-order chi connectivity index (χ1) is 8.08. The van der Waals surface area contributed by atoms with Gasteiger partial charge in [-0.1, -0.05) is 0 Å². The number of fused-ring (bicyclic) bond motifs is 1. The molecule has 0 saturated carbocycles. The van der Waals surface area contributed by atoms with Crippen LogP contribution in [0.2, 0.25) is 0 Å². The SMILES string of the molecule is CC(C)OCCn1c(N)nc2cc(Br)cnc21. The molecule has 2 aromatic heterocycles. The minimum Gasteiger partial charge on any atom is -0.377 e. The molecule has 2 heterocycles. The second-order valence-corrected chi connectivity index (χ2v) is 4.95. The van der Waals surface area contributed by atoms with Gasteiger partial charge in [-0.3, -0.25) is 4.57 Å². The van der Waals surface area contributed by atoms with Crippen LogP contribution in [0.4, 0.5) is 5.95 Å². The van der Waals surface area contributed by atoms with Crippen molar-refractivity contribution in [2.45, 2.75) is 26.5 Å². The molecular formula is C11H15BrN4O. The van der Waals surface area contributed by atoms with Crippen LogP contribution in [0, 0.1) is 0 Å². The zero-order chi connectivity index (χ0) is 12.4. The second kappa shape index (κ2) is 5.01. The summed E-state index contributed by atoms with van der Waals surface area (Å²) in [6, 6.07) is 1.90. The first-order valence-corrected chi connectivity index (χ1v) is 6.26. The summed E-state index contributed by atoms with van der Waals surface area (Å²) in [4.78, 5) is 8.58. The van der Waals surface area contributed by atoms with E-state index in [1.165, 1.54) is 0 Å². The van der Waals surface area contributed by atoms with Gasteiger partial charge >= 0.3 is 0 Å². The van der Waals surface area contributed by atoms with Crippen molar-refractivity contribution < 1.29 is 4.74 Å². The van der Waals surface area contributed by atoms with Crippen molar-refractivity contribution in [3.8, 4) is 0 Å². The van der Waals surface area contributed by atoms with Gasteiger partial charge in [0.2, 0.25) is 5.95 Å². The van der Waals surface area contributed by atoms with E-state index in [9.17, 15) is 0 Å². The topological polar surface area (TPSA) is 66.0 Å². The quantitative estimate of drug-likeness (QED) is 0.940. The Morgan fingerprint density at radius 3 is 3.00 bits per heavy atom. The Morgan fingerprint density at radius 1 is 1.53 bits per heavy atom. The fourth-order valence-electron chi connectivity index (χ4n) is 1.60. The number of hydrogen-bond acceptors (Lipinski definition) is 4. The molecule has 0 unspecified atom stereocenters. The van der Waals surface area contributed by atoms with Gasteiger partial charge in [0.05, 0.1) is 19.3 Å². The monoisotopic (exact) mass is 298 g/mol. The van der Waals surface area contributed by atoms with Crippen molar-refractivity contribution in [1.29, 1.82) is 0 Å². The smallest absolute Gasteiger partial charge is 0.202 e. The number of anilines is 1. The molecule has 17 heavy (non-hydrogen) atoms. The molecule has 92 valence electrons. The molecular weight excluding hydrogens is 284 g/mol. The van der Waals surface area contributed by atoms with Gasteiger partial charge in [0.1, 0.15) is 5.52 Å². The summed E-state index contributed by atoms with van der Waals surface area (Å²) in [6.45, 7) is 5.27. The van der Waals surface area contributed by atoms with Crippen LogP contribution in [0.15, 0.2) is 16.7 Å². The number of aromatic nitrogens is 3. The first kappa shape index (κ1) is 12.3. The summed E-state index contributed by atoms with van der Waals surface area (Å²) < 4.78 is 8.26. The van der Waals surface area contributed by atoms with Crippen LogP contribution in [-0.4, -0.2) is 27.2 Å². The summed E-state index contributed by atoms with van der Waals surface area (Å²) in [6.07, 6.45) is 1.96. The lowest BCUT2D eigenvalue weighted by atomic mass is 10.4. The molecule has 2 aromatic rings. The van der Waals surface area contributed by atoms with Crippen LogP contribution in [0.5, 0.6) is 0 Å². The second-order valence-electron chi connectivity index (χ2n) is 4.04. The van der Waals surface area contributed by atoms with E-state index in [1.54, 1.807) is 6.20 Å². The van der Waals surface area contributed by atoms with Gasteiger partial charge in [-0.05, 0) is 35.8 Å². The minimum atomic E-state index is 0.216. The molecule has 0 radical (unpaired) electrons. The zero-order valence-electron chi connectivity index (χ0n) is 9.85. The summed E-state index contributed by atoms with van der Waals surface area (Å²) in [5.41, 5.74) is 7.44. The molecule has 0 aromatic carbocycles. The number of imidazole rings is 1. The maximum Gasteiger partial charge on any atom is 0.202 e. The van der Waals surface area contributed by atoms with Crippen LogP contribution in [0.1, 0.15) is 13.8 Å². The fraction of sp³-hybridized carbons (Fsp3) is 0.455. The molecule has 2 rings (SSSR count). The van der Waals surface area contributed by atoms with Crippen LogP contribution in [0.25, 0.3) is 11.2 Å². The standard InChI is InChI=1S/C11H15BrN4O/c1-7(2)17-4-3-16-10-9(15-11(16)13)5-8(12)6-14-10/h5-7H,3-4H2,1-2H3,(H2,13,15). The summed E-state index contributed by atoms with van der Waals surface area (Å²) >= 11 is 3.36. The molecule has 0 atom stereocenters. The molecule has 0 bridgehead atoms. The highest BCUT2D eigenvalue weighted by Crippen LogP contribution is 2.19. The molecule has 0 fully saturated rings. The van der Waals surface area contributed by atoms with Crippen molar-refractivity contribution in [2.75, 3.05) is 12.3 Å². The largest absolute Gasteiger partial charge is 0.377 e. The minimum absolute atomic E-state index is 0.216. The highest BCUT2D eigenvalue weighted by molar-refractivity contribution is 9.10. The van der Waals surface area contributed by atoms with Gasteiger partial charge in [-0.2, -0.15) is 0 Å². The van der Waals surface area contributed by atoms with Gasteiger partial charge in [-0.15, -0.1) is 0 Å². The molecule has 0 aliphatic heterocycles. The average Bonchev–Trinajstić information content (AvgIpc) is 2.54. The van der Waals surface area contributed by atoms with Crippen molar-refractivity contribution in [1.82, 2.24) is 14.5 Å². The molecule has 6 heteroatoms. The Kier molecular flexibility index (Phi) is 3.63. The molecule has 0 saturated heterocycles. The molecule has 2 N–H and O–H groups in total. The summed E-state index contributed by atoms with van der Waals surface area (Å²) in [5, 5.41) is 0. The number of ether oxygens (including phenoxy) is 1. The van der Waals surface area contributed by atoms with Gasteiger partial charge in [0, 0.05) is 10.7 Å². The number of nitrogens with two attached hydrogens (primary N) is 1. The van der Waals surface area contributed by atoms with E-state index in [0.29, 0.717) is 19.1 Å². The zero-order valence-corrected chi connectivity index (χ0v) is 11.4. The third-order valence-corrected chi connectivity index (χ3v) is 2.78. The van der Waals surface area contributed by atoms with E-state index in [0.717, 1.165) is 15.6 Å². The van der Waals surface area contributed by atoms with E-state index >= 15 is 0 Å². The van der Waals surface area contributed by atoms with Crippen LogP contribution in [0.3, 0.4) is 0 Å². The third-order valence-electron chi connectivity index (χ3n) is 2.35. The third kappa shape index (κ3) is 2.76. The normalized spacial score (nSPS) is 11.5. The molecule has 5 nitrogen and oxygen atoms in total. The van der Waals surface area contributed by atoms with Crippen molar-refractivity contribution in [3.63, 3.8) is 0 Å². The van der Waals surface area contributed by atoms with Crippen LogP contribution in [-0.2, 0) is 11.3 Å². The van der Waals surface area contributed by atoms with E-state index in [-0.39, 0.29) is 6.10 Å². The van der Waals surface area contributed by atoms with Gasteiger partial charge in [0.15, 0.2) is 5.65 Å². The number of nitrogens with zero attached hydrogens (tertiary/aromatic N) is 3. The van der Waals surface area contributed by atoms with Crippen molar-refractivity contribution in [2.24, 2.45) is 0 Å². The Balaban J connectivity index is 2.24. The lowest BCUT2D eigenvalue weighted by Gasteiger charge is -2.09. The Labute approximate surface area is 108 Å². The summed E-state index contributed by atoms with van der Waals surface area (Å²) in [7, 11) is 0. The molecule has 0 amide bonds. The van der Waals surface area contributed by atoms with Crippen LogP contribution >= 0.6 is 15.9 Å². The first-order valence-electron chi connectivity index (χ1n) is 5.47. The number of pyridine rings is 1. The average molecular weight is 299 g/mol. The number of nitrogen functional groups attached to an aromatic ring is 1. The Bertz CT molecular complexity index is 523. The van der Waals surface area contributed by atoms with Crippen LogP contribution < -0.4 is 5.73 Å². The highest BCUT2D eigenvalue weighted by Gasteiger charge is 2.09. The highest BCUT2D eigenvalue weighted by atomic mass is 79.9. The Hall–Kier alpha value is -1.14. The van der Waals surface area contributed by atoms with Gasteiger partial charge in [-0.25, -0.2) is 9.97 Å². The number of rotatable bonds is 4. The molecule has 0 aliphatic carbocycles. The predicted molar refractivity (Wildman–Crippen MR) is 70.7 cm³/mol. The fourth-order valence-corrected chi connectivity index (χ4v) is 1.92. The number of hydrogen-bond donors (Lipinski definition) is 1. The number of halogens is 1. The van der Waals surface area contributed by atoms with E-state index < -0.39 is 0 Å². The lowest BCUT2D eigenvalue weighted by molar-refractivity contribution is 0.0735. The van der Waals surface area contributed by atoms with Gasteiger partial charge in [0.25, 0.3) is 0 Å². The predicted octanol–water partition coefficient (Wildman–Crippen LogP) is 2.20. The van der Waals surface area contributed by atoms with E-state index in [1.807, 2.05) is 24.5 Å². The van der Waals surface area contributed by atoms with Crippen molar-refractivity contribution in [3.05, 3.63) is 16.7 Å². The summed E-state index contributed by atoms with van der Waals surface area (Å²) in [5.74, 6) is 0.470.